The second-order valence-electron chi connectivity index (χ2n) is 7.91. The van der Waals surface area contributed by atoms with Gasteiger partial charge in [-0.2, -0.15) is 0 Å². The molecular weight excluding hydrogens is 314 g/mol. The highest BCUT2D eigenvalue weighted by Gasteiger charge is 2.51. The first-order chi connectivity index (χ1) is 12.0. The summed E-state index contributed by atoms with van der Waals surface area (Å²) in [5, 5.41) is 3.55. The fourth-order valence-electron chi connectivity index (χ4n) is 4.41. The lowest BCUT2D eigenvalue weighted by molar-refractivity contribution is -0.156. The maximum absolute atomic E-state index is 12.7. The van der Waals surface area contributed by atoms with E-state index in [-0.39, 0.29) is 29.9 Å². The molecule has 1 aromatic carbocycles. The third-order valence-electron chi connectivity index (χ3n) is 5.93. The maximum Gasteiger partial charge on any atom is 0.246 e. The Bertz CT molecular complexity index is 640. The SMILES string of the molecule is CC(C)c1ccc(CN[C@H]2C[C@H]3C(=O)N4CCC[C@H]4C(=O)N3C2)cc1. The largest absolute Gasteiger partial charge is 0.329 e. The van der Waals surface area contributed by atoms with E-state index in [1.807, 2.05) is 9.80 Å². The van der Waals surface area contributed by atoms with Crippen molar-refractivity contribution in [1.29, 1.82) is 0 Å². The topological polar surface area (TPSA) is 52.7 Å². The standard InChI is InChI=1S/C20H27N3O2/c1-13(2)15-7-5-14(6-8-15)11-21-16-10-18-20(25)22-9-3-4-17(22)19(24)23(18)12-16/h5-8,13,16-18,21H,3-4,9-12H2,1-2H3/t16-,17-,18-/m0/s1. The van der Waals surface area contributed by atoms with E-state index in [0.717, 1.165) is 32.4 Å². The zero-order valence-electron chi connectivity index (χ0n) is 15.1. The van der Waals surface area contributed by atoms with Crippen LogP contribution >= 0.6 is 0 Å². The van der Waals surface area contributed by atoms with Crippen LogP contribution in [0.25, 0.3) is 0 Å². The smallest absolute Gasteiger partial charge is 0.246 e. The van der Waals surface area contributed by atoms with Gasteiger partial charge in [0.25, 0.3) is 0 Å². The highest BCUT2D eigenvalue weighted by atomic mass is 16.2. The molecule has 134 valence electrons. The molecule has 0 radical (unpaired) electrons. The van der Waals surface area contributed by atoms with Crippen LogP contribution in [0.3, 0.4) is 0 Å². The fraction of sp³-hybridized carbons (Fsp3) is 0.600. The molecule has 0 aliphatic carbocycles. The quantitative estimate of drug-likeness (QED) is 0.910. The average Bonchev–Trinajstić information content (AvgIpc) is 3.26. The van der Waals surface area contributed by atoms with Gasteiger partial charge in [-0.1, -0.05) is 38.1 Å². The Balaban J connectivity index is 1.38. The number of hydrogen-bond donors (Lipinski definition) is 1. The predicted octanol–water partition coefficient (Wildman–Crippen LogP) is 1.87. The van der Waals surface area contributed by atoms with Crippen molar-refractivity contribution in [2.24, 2.45) is 0 Å². The van der Waals surface area contributed by atoms with Crippen molar-refractivity contribution in [3.63, 3.8) is 0 Å². The molecule has 4 rings (SSSR count). The Morgan fingerprint density at radius 1 is 1.08 bits per heavy atom. The van der Waals surface area contributed by atoms with E-state index in [1.165, 1.54) is 11.1 Å². The minimum Gasteiger partial charge on any atom is -0.329 e. The number of benzene rings is 1. The first-order valence-electron chi connectivity index (χ1n) is 9.48. The highest BCUT2D eigenvalue weighted by molar-refractivity contribution is 5.98. The summed E-state index contributed by atoms with van der Waals surface area (Å²) in [6.45, 7) is 6.57. The van der Waals surface area contributed by atoms with Gasteiger partial charge in [-0.3, -0.25) is 9.59 Å². The van der Waals surface area contributed by atoms with Crippen molar-refractivity contribution in [2.75, 3.05) is 13.1 Å². The Morgan fingerprint density at radius 3 is 2.52 bits per heavy atom. The summed E-state index contributed by atoms with van der Waals surface area (Å²) in [6.07, 6.45) is 2.52. The van der Waals surface area contributed by atoms with Crippen LogP contribution in [-0.4, -0.2) is 52.8 Å². The van der Waals surface area contributed by atoms with Crippen molar-refractivity contribution in [3.8, 4) is 0 Å². The number of carbonyl (C=O) groups is 2. The molecule has 0 aromatic heterocycles. The second-order valence-corrected chi connectivity index (χ2v) is 7.91. The Labute approximate surface area is 149 Å². The molecule has 3 aliphatic rings. The van der Waals surface area contributed by atoms with Crippen molar-refractivity contribution in [1.82, 2.24) is 15.1 Å². The lowest BCUT2D eigenvalue weighted by Crippen LogP contribution is -2.60. The van der Waals surface area contributed by atoms with E-state index in [9.17, 15) is 9.59 Å². The summed E-state index contributed by atoms with van der Waals surface area (Å²) in [7, 11) is 0. The monoisotopic (exact) mass is 341 g/mol. The third-order valence-corrected chi connectivity index (χ3v) is 5.93. The Kier molecular flexibility index (Phi) is 4.28. The van der Waals surface area contributed by atoms with Gasteiger partial charge in [0.1, 0.15) is 12.1 Å². The molecule has 3 saturated heterocycles. The number of fused-ring (bicyclic) bond motifs is 2. The van der Waals surface area contributed by atoms with Crippen LogP contribution in [-0.2, 0) is 16.1 Å². The van der Waals surface area contributed by atoms with E-state index in [4.69, 9.17) is 0 Å². The first-order valence-corrected chi connectivity index (χ1v) is 9.48. The number of nitrogens with zero attached hydrogens (tertiary/aromatic N) is 2. The second kappa shape index (κ2) is 6.45. The number of hydrogen-bond acceptors (Lipinski definition) is 3. The molecule has 1 N–H and O–H groups in total. The summed E-state index contributed by atoms with van der Waals surface area (Å²) in [4.78, 5) is 29.0. The molecule has 3 fully saturated rings. The summed E-state index contributed by atoms with van der Waals surface area (Å²) < 4.78 is 0. The van der Waals surface area contributed by atoms with Crippen LogP contribution < -0.4 is 5.32 Å². The summed E-state index contributed by atoms with van der Waals surface area (Å²) in [5.74, 6) is 0.861. The highest BCUT2D eigenvalue weighted by Crippen LogP contribution is 2.32. The van der Waals surface area contributed by atoms with Gasteiger partial charge in [0.15, 0.2) is 0 Å². The molecule has 0 saturated carbocycles. The average molecular weight is 341 g/mol. The third kappa shape index (κ3) is 2.95. The molecule has 5 nitrogen and oxygen atoms in total. The van der Waals surface area contributed by atoms with Crippen molar-refractivity contribution >= 4 is 11.8 Å². The van der Waals surface area contributed by atoms with Gasteiger partial charge in [-0.25, -0.2) is 0 Å². The minimum absolute atomic E-state index is 0.160. The number of piperazine rings is 1. The summed E-state index contributed by atoms with van der Waals surface area (Å²) in [5.41, 5.74) is 2.59. The van der Waals surface area contributed by atoms with Crippen molar-refractivity contribution < 1.29 is 9.59 Å². The van der Waals surface area contributed by atoms with Crippen LogP contribution in [0.2, 0.25) is 0 Å². The van der Waals surface area contributed by atoms with E-state index >= 15 is 0 Å². The molecular formula is C20H27N3O2. The molecule has 3 aliphatic heterocycles. The van der Waals surface area contributed by atoms with Gasteiger partial charge in [-0.05, 0) is 36.3 Å². The molecule has 25 heavy (non-hydrogen) atoms. The van der Waals surface area contributed by atoms with Gasteiger partial charge in [0.2, 0.25) is 11.8 Å². The van der Waals surface area contributed by atoms with Crippen molar-refractivity contribution in [3.05, 3.63) is 35.4 Å². The molecule has 3 heterocycles. The lowest BCUT2D eigenvalue weighted by Gasteiger charge is -2.38. The molecule has 0 spiro atoms. The van der Waals surface area contributed by atoms with Gasteiger partial charge in [0, 0.05) is 25.7 Å². The summed E-state index contributed by atoms with van der Waals surface area (Å²) in [6, 6.07) is 8.45. The number of rotatable bonds is 4. The van der Waals surface area contributed by atoms with E-state index in [0.29, 0.717) is 12.5 Å². The van der Waals surface area contributed by atoms with E-state index < -0.39 is 0 Å². The van der Waals surface area contributed by atoms with Crippen LogP contribution in [0.1, 0.15) is 50.2 Å². The predicted molar refractivity (Wildman–Crippen MR) is 96.0 cm³/mol. The molecule has 0 bridgehead atoms. The minimum atomic E-state index is -0.248. The normalized spacial score (nSPS) is 28.7. The van der Waals surface area contributed by atoms with Gasteiger partial charge in [0.05, 0.1) is 0 Å². The van der Waals surface area contributed by atoms with Gasteiger partial charge in [-0.15, -0.1) is 0 Å². The van der Waals surface area contributed by atoms with Crippen LogP contribution in [0.15, 0.2) is 24.3 Å². The van der Waals surface area contributed by atoms with E-state index in [2.05, 4.69) is 43.4 Å². The number of nitrogens with one attached hydrogen (secondary N) is 1. The van der Waals surface area contributed by atoms with Gasteiger partial charge >= 0.3 is 0 Å². The molecule has 5 heteroatoms. The zero-order chi connectivity index (χ0) is 17.6. The van der Waals surface area contributed by atoms with Crippen LogP contribution in [0, 0.1) is 0 Å². The molecule has 3 atom stereocenters. The van der Waals surface area contributed by atoms with Crippen LogP contribution in [0.5, 0.6) is 0 Å². The van der Waals surface area contributed by atoms with Gasteiger partial charge < -0.3 is 15.1 Å². The Hall–Kier alpha value is -1.88. The molecule has 2 amide bonds. The van der Waals surface area contributed by atoms with E-state index in [1.54, 1.807) is 0 Å². The lowest BCUT2D eigenvalue weighted by atomic mass is 10.0. The molecule has 0 unspecified atom stereocenters. The molecule has 1 aromatic rings. The number of carbonyl (C=O) groups excluding carboxylic acids is 2. The number of amides is 2. The zero-order valence-corrected chi connectivity index (χ0v) is 15.1. The maximum atomic E-state index is 12.7. The summed E-state index contributed by atoms with van der Waals surface area (Å²) >= 11 is 0. The van der Waals surface area contributed by atoms with Crippen molar-refractivity contribution in [2.45, 2.75) is 63.7 Å². The first kappa shape index (κ1) is 16.6. The Morgan fingerprint density at radius 2 is 1.80 bits per heavy atom. The fourth-order valence-corrected chi connectivity index (χ4v) is 4.41. The van der Waals surface area contributed by atoms with Crippen LogP contribution in [0.4, 0.5) is 0 Å².